The fourth-order valence-corrected chi connectivity index (χ4v) is 7.91. The molecule has 0 saturated heterocycles. The zero-order valence-electron chi connectivity index (χ0n) is 19.6. The highest BCUT2D eigenvalue weighted by Gasteiger charge is 2.15. The van der Waals surface area contributed by atoms with E-state index in [9.17, 15) is 0 Å². The Balaban J connectivity index is 1.45. The number of benzene rings is 6. The van der Waals surface area contributed by atoms with Gasteiger partial charge in [0.25, 0.3) is 0 Å². The third-order valence-corrected chi connectivity index (χ3v) is 9.72. The molecule has 3 heterocycles. The van der Waals surface area contributed by atoms with Crippen LogP contribution in [-0.2, 0) is 0 Å². The molecule has 1 nitrogen and oxygen atoms in total. The molecule has 0 spiro atoms. The largest absolute Gasteiger partial charge is 0.456 e. The van der Waals surface area contributed by atoms with E-state index >= 15 is 0 Å². The smallest absolute Gasteiger partial charge is 0.135 e. The fraction of sp³-hybridized carbons (Fsp3) is 0. The molecule has 172 valence electrons. The molecule has 0 aliphatic rings. The quantitative estimate of drug-likeness (QED) is 0.202. The van der Waals surface area contributed by atoms with Gasteiger partial charge in [-0.2, -0.15) is 0 Å². The van der Waals surface area contributed by atoms with Crippen molar-refractivity contribution in [2.45, 2.75) is 0 Å². The lowest BCUT2D eigenvalue weighted by molar-refractivity contribution is 0.669. The topological polar surface area (TPSA) is 13.1 Å². The van der Waals surface area contributed by atoms with Crippen LogP contribution in [0.1, 0.15) is 0 Å². The summed E-state index contributed by atoms with van der Waals surface area (Å²) in [7, 11) is 0. The van der Waals surface area contributed by atoms with Crippen LogP contribution in [0.4, 0.5) is 0 Å². The van der Waals surface area contributed by atoms with Crippen molar-refractivity contribution in [2.24, 2.45) is 0 Å². The van der Waals surface area contributed by atoms with Crippen molar-refractivity contribution in [1.29, 1.82) is 0 Å². The Morgan fingerprint density at radius 3 is 2.30 bits per heavy atom. The van der Waals surface area contributed by atoms with Crippen LogP contribution in [0.15, 0.2) is 113 Å². The van der Waals surface area contributed by atoms with Crippen LogP contribution in [0.25, 0.3) is 84.9 Å². The Morgan fingerprint density at radius 2 is 1.32 bits per heavy atom. The molecule has 0 fully saturated rings. The van der Waals surface area contributed by atoms with Crippen molar-refractivity contribution in [3.8, 4) is 11.1 Å². The Morgan fingerprint density at radius 1 is 0.459 bits per heavy atom. The van der Waals surface area contributed by atoms with E-state index in [0.29, 0.717) is 0 Å². The molecule has 3 heteroatoms. The lowest BCUT2D eigenvalue weighted by Crippen LogP contribution is -1.85. The first-order chi connectivity index (χ1) is 18.3. The van der Waals surface area contributed by atoms with Crippen LogP contribution < -0.4 is 0 Å². The first kappa shape index (κ1) is 19.9. The van der Waals surface area contributed by atoms with Gasteiger partial charge in [0.15, 0.2) is 0 Å². The molecule has 0 amide bonds. The second-order valence-electron chi connectivity index (χ2n) is 9.76. The summed E-state index contributed by atoms with van der Waals surface area (Å²) in [6.45, 7) is 0. The molecule has 9 aromatic rings. The van der Waals surface area contributed by atoms with E-state index in [-0.39, 0.29) is 0 Å². The summed E-state index contributed by atoms with van der Waals surface area (Å²) in [5, 5.41) is 13.7. The summed E-state index contributed by atoms with van der Waals surface area (Å²) in [6, 6.07) is 37.9. The molecular weight excluding hydrogens is 489 g/mol. The van der Waals surface area contributed by atoms with Crippen molar-refractivity contribution in [3.63, 3.8) is 0 Å². The number of furan rings is 1. The fourth-order valence-electron chi connectivity index (χ4n) is 5.96. The average molecular weight is 507 g/mol. The average Bonchev–Trinajstić information content (AvgIpc) is 3.64. The first-order valence-corrected chi connectivity index (χ1v) is 14.1. The minimum atomic E-state index is 0.932. The zero-order chi connectivity index (χ0) is 24.1. The molecule has 6 aromatic carbocycles. The van der Waals surface area contributed by atoms with Crippen molar-refractivity contribution >= 4 is 96.4 Å². The van der Waals surface area contributed by atoms with Gasteiger partial charge < -0.3 is 4.42 Å². The SMILES string of the molecule is c1ccc2c(c1)oc1ccc(-c3cc4cc5sccc5cc4c4cc5sc6ccccc6c5cc34)cc12. The Hall–Kier alpha value is -4.18. The highest BCUT2D eigenvalue weighted by molar-refractivity contribution is 7.25. The molecule has 3 aromatic heterocycles. The number of hydrogen-bond donors (Lipinski definition) is 0. The zero-order valence-corrected chi connectivity index (χ0v) is 21.3. The van der Waals surface area contributed by atoms with Crippen molar-refractivity contribution < 1.29 is 4.42 Å². The Kier molecular flexibility index (Phi) is 3.88. The van der Waals surface area contributed by atoms with Crippen LogP contribution >= 0.6 is 22.7 Å². The lowest BCUT2D eigenvalue weighted by atomic mass is 9.91. The maximum atomic E-state index is 6.14. The van der Waals surface area contributed by atoms with Gasteiger partial charge in [0, 0.05) is 35.6 Å². The second kappa shape index (κ2) is 7.19. The number of hydrogen-bond acceptors (Lipinski definition) is 3. The van der Waals surface area contributed by atoms with Gasteiger partial charge in [-0.1, -0.05) is 42.5 Å². The highest BCUT2D eigenvalue weighted by Crippen LogP contribution is 2.44. The van der Waals surface area contributed by atoms with Gasteiger partial charge in [0.2, 0.25) is 0 Å². The van der Waals surface area contributed by atoms with Gasteiger partial charge in [0.05, 0.1) is 0 Å². The summed E-state index contributed by atoms with van der Waals surface area (Å²) >= 11 is 3.69. The van der Waals surface area contributed by atoms with Crippen molar-refractivity contribution in [2.75, 3.05) is 0 Å². The number of fused-ring (bicyclic) bond motifs is 10. The van der Waals surface area contributed by atoms with Crippen LogP contribution in [0, 0.1) is 0 Å². The monoisotopic (exact) mass is 506 g/mol. The normalized spacial score (nSPS) is 12.3. The third-order valence-electron chi connectivity index (χ3n) is 7.71. The number of thiophene rings is 2. The summed E-state index contributed by atoms with van der Waals surface area (Å²) in [5.41, 5.74) is 4.35. The van der Waals surface area contributed by atoms with Gasteiger partial charge >= 0.3 is 0 Å². The summed E-state index contributed by atoms with van der Waals surface area (Å²) in [5.74, 6) is 0. The van der Waals surface area contributed by atoms with E-state index in [1.807, 2.05) is 34.8 Å². The Bertz CT molecular complexity index is 2360. The van der Waals surface area contributed by atoms with Crippen LogP contribution in [0.5, 0.6) is 0 Å². The third kappa shape index (κ3) is 2.78. The lowest BCUT2D eigenvalue weighted by Gasteiger charge is -2.12. The van der Waals surface area contributed by atoms with Gasteiger partial charge in [0.1, 0.15) is 11.2 Å². The first-order valence-electron chi connectivity index (χ1n) is 12.4. The van der Waals surface area contributed by atoms with Gasteiger partial charge in [-0.25, -0.2) is 0 Å². The molecule has 0 aliphatic heterocycles. The molecule has 0 unspecified atom stereocenters. The Labute approximate surface area is 219 Å². The number of rotatable bonds is 1. The maximum absolute atomic E-state index is 6.14. The van der Waals surface area contributed by atoms with E-state index in [1.165, 1.54) is 62.9 Å². The van der Waals surface area contributed by atoms with Gasteiger partial charge in [-0.15, -0.1) is 22.7 Å². The van der Waals surface area contributed by atoms with Crippen molar-refractivity contribution in [1.82, 2.24) is 0 Å². The van der Waals surface area contributed by atoms with Gasteiger partial charge in [-0.3, -0.25) is 0 Å². The van der Waals surface area contributed by atoms with E-state index in [2.05, 4.69) is 96.4 Å². The predicted octanol–water partition coefficient (Wildman–Crippen LogP) is 11.1. The van der Waals surface area contributed by atoms with E-state index in [1.54, 1.807) is 0 Å². The molecule has 0 aliphatic carbocycles. The molecule has 9 rings (SSSR count). The van der Waals surface area contributed by atoms with E-state index in [0.717, 1.165) is 21.9 Å². The maximum Gasteiger partial charge on any atom is 0.135 e. The second-order valence-corrected chi connectivity index (χ2v) is 11.8. The van der Waals surface area contributed by atoms with Gasteiger partial charge in [-0.05, 0) is 104 Å². The minimum Gasteiger partial charge on any atom is -0.456 e. The molecule has 0 atom stereocenters. The van der Waals surface area contributed by atoms with Crippen LogP contribution in [0.2, 0.25) is 0 Å². The minimum absolute atomic E-state index is 0.932. The molecule has 0 bridgehead atoms. The molecule has 0 radical (unpaired) electrons. The van der Waals surface area contributed by atoms with Crippen molar-refractivity contribution in [3.05, 3.63) is 109 Å². The molecular formula is C34H18OS2. The number of para-hydroxylation sites is 1. The van der Waals surface area contributed by atoms with Crippen LogP contribution in [-0.4, -0.2) is 0 Å². The van der Waals surface area contributed by atoms with E-state index in [4.69, 9.17) is 4.42 Å². The van der Waals surface area contributed by atoms with E-state index < -0.39 is 0 Å². The molecule has 0 saturated carbocycles. The summed E-state index contributed by atoms with van der Waals surface area (Å²) in [6.07, 6.45) is 0. The standard InChI is InChI=1S/C34H18OS2/c1-3-7-30-22(5-1)28-13-19(9-10-31(28)35-30)24-15-21-16-33-20(11-12-36-33)14-25(21)27-18-34-29(17-26(24)27)23-6-2-4-8-32(23)37-34/h1-18H. The summed E-state index contributed by atoms with van der Waals surface area (Å²) in [4.78, 5) is 0. The highest BCUT2D eigenvalue weighted by atomic mass is 32.1. The molecule has 0 N–H and O–H groups in total. The molecule has 37 heavy (non-hydrogen) atoms. The predicted molar refractivity (Wildman–Crippen MR) is 162 cm³/mol. The summed E-state index contributed by atoms with van der Waals surface area (Å²) < 4.78 is 10.1. The van der Waals surface area contributed by atoms with Crippen LogP contribution in [0.3, 0.4) is 0 Å².